The zero-order valence-electron chi connectivity index (χ0n) is 9.51. The number of hydrogen-bond donors (Lipinski definition) is 1. The molecule has 0 saturated heterocycles. The normalized spacial score (nSPS) is 13.7. The number of nitrogens with zero attached hydrogens (tertiary/aromatic N) is 1. The molecule has 78 valence electrons. The van der Waals surface area contributed by atoms with Gasteiger partial charge in [0, 0.05) is 19.1 Å². The van der Waals surface area contributed by atoms with Gasteiger partial charge in [-0.1, -0.05) is 19.9 Å². The molecule has 13 heavy (non-hydrogen) atoms. The summed E-state index contributed by atoms with van der Waals surface area (Å²) in [7, 11) is 4.23. The molecule has 0 heterocycles. The molecule has 0 aromatic heterocycles. The van der Waals surface area contributed by atoms with E-state index in [2.05, 4.69) is 44.7 Å². The summed E-state index contributed by atoms with van der Waals surface area (Å²) in [6.45, 7) is 10.3. The Kier molecular flexibility index (Phi) is 6.92. The summed E-state index contributed by atoms with van der Waals surface area (Å²) in [6.07, 6.45) is 3.15. The lowest BCUT2D eigenvalue weighted by atomic mass is 10.0. The predicted molar refractivity (Wildman–Crippen MR) is 60.0 cm³/mol. The maximum atomic E-state index is 3.71. The Bertz CT molecular complexity index is 120. The van der Waals surface area contributed by atoms with Crippen LogP contribution in [0.15, 0.2) is 12.7 Å². The average molecular weight is 184 g/mol. The third kappa shape index (κ3) is 8.00. The summed E-state index contributed by atoms with van der Waals surface area (Å²) in [5, 5.41) is 3.47. The van der Waals surface area contributed by atoms with E-state index in [4.69, 9.17) is 0 Å². The Morgan fingerprint density at radius 3 is 2.38 bits per heavy atom. The van der Waals surface area contributed by atoms with Gasteiger partial charge in [0.05, 0.1) is 0 Å². The molecule has 0 aliphatic rings. The van der Waals surface area contributed by atoms with Gasteiger partial charge in [0.15, 0.2) is 0 Å². The van der Waals surface area contributed by atoms with Crippen molar-refractivity contribution in [2.45, 2.75) is 26.3 Å². The Labute approximate surface area is 83.0 Å². The van der Waals surface area contributed by atoms with Crippen molar-refractivity contribution in [3.63, 3.8) is 0 Å². The van der Waals surface area contributed by atoms with Gasteiger partial charge in [-0.05, 0) is 26.4 Å². The van der Waals surface area contributed by atoms with E-state index in [1.54, 1.807) is 0 Å². The summed E-state index contributed by atoms with van der Waals surface area (Å²) in [5.41, 5.74) is 0. The number of rotatable bonds is 7. The Hall–Kier alpha value is -0.340. The van der Waals surface area contributed by atoms with E-state index >= 15 is 0 Å². The summed E-state index contributed by atoms with van der Waals surface area (Å²) in [6, 6.07) is 0.591. The smallest absolute Gasteiger partial charge is 0.0200 e. The first-order chi connectivity index (χ1) is 6.06. The summed E-state index contributed by atoms with van der Waals surface area (Å²) >= 11 is 0. The molecule has 2 heteroatoms. The van der Waals surface area contributed by atoms with Gasteiger partial charge in [-0.15, -0.1) is 6.58 Å². The highest BCUT2D eigenvalue weighted by molar-refractivity contribution is 4.77. The maximum Gasteiger partial charge on any atom is 0.0200 e. The van der Waals surface area contributed by atoms with Gasteiger partial charge in [-0.25, -0.2) is 0 Å². The number of nitrogens with one attached hydrogen (secondary N) is 1. The topological polar surface area (TPSA) is 15.3 Å². The highest BCUT2D eigenvalue weighted by Gasteiger charge is 2.09. The minimum absolute atomic E-state index is 0.591. The molecule has 0 fully saturated rings. The van der Waals surface area contributed by atoms with Crippen LogP contribution >= 0.6 is 0 Å². The molecule has 0 bridgehead atoms. The van der Waals surface area contributed by atoms with Crippen LogP contribution in [0.5, 0.6) is 0 Å². The van der Waals surface area contributed by atoms with Crippen molar-refractivity contribution in [1.29, 1.82) is 0 Å². The Balaban J connectivity index is 3.79. The van der Waals surface area contributed by atoms with Crippen molar-refractivity contribution >= 4 is 0 Å². The Morgan fingerprint density at radius 2 is 2.00 bits per heavy atom. The summed E-state index contributed by atoms with van der Waals surface area (Å²) < 4.78 is 0. The maximum absolute atomic E-state index is 3.71. The van der Waals surface area contributed by atoms with E-state index in [1.165, 1.54) is 6.42 Å². The van der Waals surface area contributed by atoms with Crippen molar-refractivity contribution in [3.8, 4) is 0 Å². The fourth-order valence-corrected chi connectivity index (χ4v) is 1.48. The van der Waals surface area contributed by atoms with Crippen LogP contribution in [-0.4, -0.2) is 38.1 Å². The van der Waals surface area contributed by atoms with Crippen LogP contribution in [0.1, 0.15) is 20.3 Å². The number of hydrogen-bond acceptors (Lipinski definition) is 2. The molecule has 0 amide bonds. The van der Waals surface area contributed by atoms with Gasteiger partial charge in [0.1, 0.15) is 0 Å². The van der Waals surface area contributed by atoms with Crippen molar-refractivity contribution < 1.29 is 0 Å². The van der Waals surface area contributed by atoms with Gasteiger partial charge in [-0.3, -0.25) is 0 Å². The van der Waals surface area contributed by atoms with Crippen molar-refractivity contribution in [3.05, 3.63) is 12.7 Å². The van der Waals surface area contributed by atoms with Crippen LogP contribution < -0.4 is 5.32 Å². The molecule has 0 aliphatic heterocycles. The van der Waals surface area contributed by atoms with Crippen LogP contribution in [-0.2, 0) is 0 Å². The molecule has 0 spiro atoms. The van der Waals surface area contributed by atoms with Crippen LogP contribution in [0.4, 0.5) is 0 Å². The van der Waals surface area contributed by atoms with Gasteiger partial charge in [-0.2, -0.15) is 0 Å². The second-order valence-electron chi connectivity index (χ2n) is 4.29. The lowest BCUT2D eigenvalue weighted by Crippen LogP contribution is -2.39. The van der Waals surface area contributed by atoms with Crippen molar-refractivity contribution in [1.82, 2.24) is 10.2 Å². The zero-order valence-corrected chi connectivity index (χ0v) is 9.51. The molecule has 0 aromatic carbocycles. The standard InChI is InChI=1S/C11H24N2/c1-6-7-12-11(8-10(2)3)9-13(4)5/h6,10-12H,1,7-9H2,2-5H3. The zero-order chi connectivity index (χ0) is 10.3. The van der Waals surface area contributed by atoms with Gasteiger partial charge < -0.3 is 10.2 Å². The highest BCUT2D eigenvalue weighted by atomic mass is 15.1. The van der Waals surface area contributed by atoms with Crippen LogP contribution in [0, 0.1) is 5.92 Å². The summed E-state index contributed by atoms with van der Waals surface area (Å²) in [5.74, 6) is 0.752. The monoisotopic (exact) mass is 184 g/mol. The average Bonchev–Trinajstić information content (AvgIpc) is 1.98. The molecular formula is C11H24N2. The quantitative estimate of drug-likeness (QED) is 0.606. The van der Waals surface area contributed by atoms with Gasteiger partial charge in [0.25, 0.3) is 0 Å². The predicted octanol–water partition coefficient (Wildman–Crippen LogP) is 1.74. The molecule has 1 atom stereocenters. The molecule has 0 aromatic rings. The molecule has 1 N–H and O–H groups in total. The van der Waals surface area contributed by atoms with Crippen LogP contribution in [0.25, 0.3) is 0 Å². The molecule has 0 aliphatic carbocycles. The lowest BCUT2D eigenvalue weighted by Gasteiger charge is -2.23. The molecule has 1 unspecified atom stereocenters. The van der Waals surface area contributed by atoms with Gasteiger partial charge >= 0.3 is 0 Å². The third-order valence-electron chi connectivity index (χ3n) is 1.89. The first-order valence-corrected chi connectivity index (χ1v) is 5.05. The van der Waals surface area contributed by atoms with Crippen LogP contribution in [0.2, 0.25) is 0 Å². The fraction of sp³-hybridized carbons (Fsp3) is 0.818. The van der Waals surface area contributed by atoms with E-state index in [1.807, 2.05) is 6.08 Å². The van der Waals surface area contributed by atoms with E-state index < -0.39 is 0 Å². The van der Waals surface area contributed by atoms with Gasteiger partial charge in [0.2, 0.25) is 0 Å². The summed E-state index contributed by atoms with van der Waals surface area (Å²) in [4.78, 5) is 2.23. The minimum Gasteiger partial charge on any atom is -0.309 e. The van der Waals surface area contributed by atoms with E-state index in [9.17, 15) is 0 Å². The molecule has 0 saturated carbocycles. The minimum atomic E-state index is 0.591. The van der Waals surface area contributed by atoms with E-state index in [0.29, 0.717) is 6.04 Å². The third-order valence-corrected chi connectivity index (χ3v) is 1.89. The molecule has 0 radical (unpaired) electrons. The van der Waals surface area contributed by atoms with E-state index in [0.717, 1.165) is 19.0 Å². The van der Waals surface area contributed by atoms with Crippen molar-refractivity contribution in [2.75, 3.05) is 27.2 Å². The Morgan fingerprint density at radius 1 is 1.38 bits per heavy atom. The lowest BCUT2D eigenvalue weighted by molar-refractivity contribution is 0.312. The first-order valence-electron chi connectivity index (χ1n) is 5.05. The highest BCUT2D eigenvalue weighted by Crippen LogP contribution is 2.05. The molecular weight excluding hydrogens is 160 g/mol. The first kappa shape index (κ1) is 12.7. The second-order valence-corrected chi connectivity index (χ2v) is 4.29. The number of likely N-dealkylation sites (N-methyl/N-ethyl adjacent to an activating group) is 1. The van der Waals surface area contributed by atoms with Crippen LogP contribution in [0.3, 0.4) is 0 Å². The molecule has 0 rings (SSSR count). The molecule has 2 nitrogen and oxygen atoms in total. The van der Waals surface area contributed by atoms with Crippen molar-refractivity contribution in [2.24, 2.45) is 5.92 Å². The van der Waals surface area contributed by atoms with E-state index in [-0.39, 0.29) is 0 Å². The SMILES string of the molecule is C=CCNC(CC(C)C)CN(C)C. The largest absolute Gasteiger partial charge is 0.309 e. The second kappa shape index (κ2) is 7.10. The fourth-order valence-electron chi connectivity index (χ4n) is 1.48.